The number of carboxylic acid groups (broad SMARTS) is 1. The van der Waals surface area contributed by atoms with Gasteiger partial charge in [0.15, 0.2) is 0 Å². The van der Waals surface area contributed by atoms with E-state index >= 15 is 0 Å². The zero-order valence-corrected chi connectivity index (χ0v) is 10.1. The lowest BCUT2D eigenvalue weighted by molar-refractivity contribution is 0.0696. The maximum absolute atomic E-state index is 11.7. The van der Waals surface area contributed by atoms with Crippen molar-refractivity contribution in [3.05, 3.63) is 52.1 Å². The highest BCUT2D eigenvalue weighted by molar-refractivity contribution is 5.87. The first-order valence-corrected chi connectivity index (χ1v) is 5.40. The molecule has 0 spiro atoms. The van der Waals surface area contributed by atoms with Crippen molar-refractivity contribution in [3.63, 3.8) is 0 Å². The van der Waals surface area contributed by atoms with E-state index in [4.69, 9.17) is 9.84 Å². The first-order chi connectivity index (χ1) is 9.10. The average molecular weight is 261 g/mol. The van der Waals surface area contributed by atoms with Crippen molar-refractivity contribution in [1.29, 1.82) is 0 Å². The van der Waals surface area contributed by atoms with E-state index in [0.717, 1.165) is 6.07 Å². The van der Waals surface area contributed by atoms with Crippen LogP contribution >= 0.6 is 0 Å². The Bertz CT molecular complexity index is 649. The number of carbonyl (C=O) groups is 1. The molecule has 2 rings (SSSR count). The van der Waals surface area contributed by atoms with Crippen molar-refractivity contribution in [2.45, 2.75) is 6.54 Å². The molecule has 0 bridgehead atoms. The van der Waals surface area contributed by atoms with Crippen LogP contribution in [0, 0.1) is 0 Å². The minimum Gasteiger partial charge on any atom is -0.480 e. The van der Waals surface area contributed by atoms with Crippen LogP contribution in [-0.4, -0.2) is 33.0 Å². The van der Waals surface area contributed by atoms with Crippen LogP contribution < -0.4 is 10.3 Å². The number of rotatable bonds is 4. The molecule has 0 amide bonds. The highest BCUT2D eigenvalue weighted by atomic mass is 16.5. The lowest BCUT2D eigenvalue weighted by Crippen LogP contribution is -2.21. The third-order valence-electron chi connectivity index (χ3n) is 2.48. The molecular formula is C12H11N3O4. The van der Waals surface area contributed by atoms with Crippen LogP contribution in [0.3, 0.4) is 0 Å². The van der Waals surface area contributed by atoms with Gasteiger partial charge in [-0.25, -0.2) is 4.79 Å². The predicted molar refractivity (Wildman–Crippen MR) is 65.3 cm³/mol. The lowest BCUT2D eigenvalue weighted by Gasteiger charge is -2.05. The van der Waals surface area contributed by atoms with E-state index in [1.807, 2.05) is 0 Å². The summed E-state index contributed by atoms with van der Waals surface area (Å²) < 4.78 is 6.23. The molecule has 0 fully saturated rings. The number of methoxy groups -OCH3 is 1. The fourth-order valence-electron chi connectivity index (χ4n) is 1.49. The van der Waals surface area contributed by atoms with Crippen molar-refractivity contribution in [2.24, 2.45) is 0 Å². The van der Waals surface area contributed by atoms with Crippen LogP contribution in [0.4, 0.5) is 0 Å². The smallest absolute Gasteiger partial charge is 0.335 e. The molecule has 0 aliphatic carbocycles. The van der Waals surface area contributed by atoms with Crippen LogP contribution in [0.25, 0.3) is 0 Å². The van der Waals surface area contributed by atoms with Crippen molar-refractivity contribution in [1.82, 2.24) is 14.8 Å². The maximum atomic E-state index is 11.7. The third kappa shape index (κ3) is 2.95. The monoisotopic (exact) mass is 261 g/mol. The van der Waals surface area contributed by atoms with Gasteiger partial charge in [0.1, 0.15) is 0 Å². The number of aromatic carboxylic acids is 1. The highest BCUT2D eigenvalue weighted by Gasteiger charge is 2.06. The molecule has 0 atom stereocenters. The van der Waals surface area contributed by atoms with E-state index in [2.05, 4.69) is 10.2 Å². The SMILES string of the molecule is COc1ccc(Cn2ccc(C(=O)O)cc2=O)nn1. The molecule has 0 saturated carbocycles. The Balaban J connectivity index is 2.23. The number of nitrogens with zero attached hydrogens (tertiary/aromatic N) is 3. The number of ether oxygens (including phenoxy) is 1. The van der Waals surface area contributed by atoms with Crippen LogP contribution in [0.2, 0.25) is 0 Å². The van der Waals surface area contributed by atoms with Gasteiger partial charge >= 0.3 is 5.97 Å². The van der Waals surface area contributed by atoms with Crippen LogP contribution in [-0.2, 0) is 6.54 Å². The Morgan fingerprint density at radius 1 is 1.37 bits per heavy atom. The summed E-state index contributed by atoms with van der Waals surface area (Å²) in [6, 6.07) is 5.75. The molecule has 1 N–H and O–H groups in total. The topological polar surface area (TPSA) is 94.3 Å². The lowest BCUT2D eigenvalue weighted by atomic mass is 10.2. The molecular weight excluding hydrogens is 250 g/mol. The predicted octanol–water partition coefficient (Wildman–Crippen LogP) is 0.393. The number of pyridine rings is 1. The van der Waals surface area contributed by atoms with E-state index in [0.29, 0.717) is 11.6 Å². The number of aromatic nitrogens is 3. The molecule has 0 aromatic carbocycles. The fraction of sp³-hybridized carbons (Fsp3) is 0.167. The van der Waals surface area contributed by atoms with Gasteiger partial charge < -0.3 is 14.4 Å². The molecule has 0 aliphatic rings. The zero-order chi connectivity index (χ0) is 13.8. The molecule has 19 heavy (non-hydrogen) atoms. The first kappa shape index (κ1) is 12.7. The first-order valence-electron chi connectivity index (χ1n) is 5.40. The minimum absolute atomic E-state index is 0.0398. The minimum atomic E-state index is -1.13. The van der Waals surface area contributed by atoms with Gasteiger partial charge in [0, 0.05) is 18.3 Å². The Morgan fingerprint density at radius 3 is 2.68 bits per heavy atom. The molecule has 0 aliphatic heterocycles. The van der Waals surface area contributed by atoms with Gasteiger partial charge in [-0.1, -0.05) is 0 Å². The normalized spacial score (nSPS) is 10.2. The van der Waals surface area contributed by atoms with Gasteiger partial charge in [0.05, 0.1) is 24.9 Å². The number of hydrogen-bond acceptors (Lipinski definition) is 5. The molecule has 2 heterocycles. The summed E-state index contributed by atoms with van der Waals surface area (Å²) in [7, 11) is 1.48. The molecule has 2 aromatic rings. The van der Waals surface area contributed by atoms with Gasteiger partial charge in [-0.3, -0.25) is 4.79 Å². The van der Waals surface area contributed by atoms with E-state index in [1.54, 1.807) is 12.1 Å². The summed E-state index contributed by atoms with van der Waals surface area (Å²) >= 11 is 0. The Kier molecular flexibility index (Phi) is 3.56. The van der Waals surface area contributed by atoms with E-state index < -0.39 is 11.5 Å². The summed E-state index contributed by atoms with van der Waals surface area (Å²) in [6.45, 7) is 0.218. The molecule has 7 heteroatoms. The van der Waals surface area contributed by atoms with Crippen molar-refractivity contribution in [3.8, 4) is 5.88 Å². The van der Waals surface area contributed by atoms with Crippen LogP contribution in [0.5, 0.6) is 5.88 Å². The largest absolute Gasteiger partial charge is 0.480 e. The Hall–Kier alpha value is -2.70. The average Bonchev–Trinajstić information content (AvgIpc) is 2.41. The molecule has 0 radical (unpaired) electrons. The molecule has 7 nitrogen and oxygen atoms in total. The van der Waals surface area contributed by atoms with Crippen molar-refractivity contribution < 1.29 is 14.6 Å². The van der Waals surface area contributed by atoms with Gasteiger partial charge in [0.2, 0.25) is 5.88 Å². The Morgan fingerprint density at radius 2 is 2.16 bits per heavy atom. The van der Waals surface area contributed by atoms with Crippen LogP contribution in [0.1, 0.15) is 16.1 Å². The van der Waals surface area contributed by atoms with E-state index in [1.165, 1.54) is 23.9 Å². The summed E-state index contributed by atoms with van der Waals surface area (Å²) in [5.41, 5.74) is 0.130. The Labute approximate surface area is 108 Å². The quantitative estimate of drug-likeness (QED) is 0.855. The second-order valence-corrected chi connectivity index (χ2v) is 3.75. The van der Waals surface area contributed by atoms with E-state index in [-0.39, 0.29) is 12.1 Å². The van der Waals surface area contributed by atoms with Gasteiger partial charge in [-0.2, -0.15) is 0 Å². The number of hydrogen-bond donors (Lipinski definition) is 1. The summed E-state index contributed by atoms with van der Waals surface area (Å²) in [4.78, 5) is 22.4. The van der Waals surface area contributed by atoms with Gasteiger partial charge in [-0.05, 0) is 12.1 Å². The van der Waals surface area contributed by atoms with Crippen LogP contribution in [0.15, 0.2) is 35.3 Å². The summed E-state index contributed by atoms with van der Waals surface area (Å²) in [6.07, 6.45) is 1.41. The maximum Gasteiger partial charge on any atom is 0.335 e. The molecule has 98 valence electrons. The van der Waals surface area contributed by atoms with Gasteiger partial charge in [-0.15, -0.1) is 10.2 Å². The molecule has 2 aromatic heterocycles. The second-order valence-electron chi connectivity index (χ2n) is 3.75. The summed E-state index contributed by atoms with van der Waals surface area (Å²) in [5.74, 6) is -0.745. The number of carboxylic acids is 1. The van der Waals surface area contributed by atoms with E-state index in [9.17, 15) is 9.59 Å². The molecule has 0 unspecified atom stereocenters. The highest BCUT2D eigenvalue weighted by Crippen LogP contribution is 2.04. The van der Waals surface area contributed by atoms with Crippen molar-refractivity contribution in [2.75, 3.05) is 7.11 Å². The van der Waals surface area contributed by atoms with Crippen molar-refractivity contribution >= 4 is 5.97 Å². The molecule has 0 saturated heterocycles. The second kappa shape index (κ2) is 5.30. The standard InChI is InChI=1S/C12H11N3O4/c1-19-10-3-2-9(13-14-10)7-15-5-4-8(12(17)18)6-11(15)16/h2-6H,7H2,1H3,(H,17,18). The summed E-state index contributed by atoms with van der Waals surface area (Å²) in [5, 5.41) is 16.4. The zero-order valence-electron chi connectivity index (χ0n) is 10.1. The fourth-order valence-corrected chi connectivity index (χ4v) is 1.49. The third-order valence-corrected chi connectivity index (χ3v) is 2.48. The van der Waals surface area contributed by atoms with Gasteiger partial charge in [0.25, 0.3) is 5.56 Å².